The van der Waals surface area contributed by atoms with Crippen molar-refractivity contribution in [2.75, 3.05) is 0 Å². The molecule has 0 aromatic rings. The molecular formula is C13H22O3. The smallest absolute Gasteiger partial charge is 0.303 e. The molecule has 1 saturated carbocycles. The molecule has 0 radical (unpaired) electrons. The van der Waals surface area contributed by atoms with E-state index in [2.05, 4.69) is 0 Å². The van der Waals surface area contributed by atoms with Gasteiger partial charge in [0, 0.05) is 6.92 Å². The van der Waals surface area contributed by atoms with Gasteiger partial charge in [-0.25, -0.2) is 0 Å². The van der Waals surface area contributed by atoms with Gasteiger partial charge in [-0.15, -0.1) is 0 Å². The van der Waals surface area contributed by atoms with E-state index in [0.717, 1.165) is 6.42 Å². The molecule has 2 rings (SSSR count). The molecule has 1 saturated heterocycles. The van der Waals surface area contributed by atoms with Crippen molar-refractivity contribution in [3.63, 3.8) is 0 Å². The molecule has 0 amide bonds. The molecule has 4 atom stereocenters. The van der Waals surface area contributed by atoms with Gasteiger partial charge in [0.1, 0.15) is 5.60 Å². The van der Waals surface area contributed by atoms with Crippen LogP contribution in [0.1, 0.15) is 52.9 Å². The van der Waals surface area contributed by atoms with E-state index in [4.69, 9.17) is 9.47 Å². The van der Waals surface area contributed by atoms with Crippen molar-refractivity contribution in [2.24, 2.45) is 5.92 Å². The minimum atomic E-state index is -0.426. The predicted molar refractivity (Wildman–Crippen MR) is 61.1 cm³/mol. The third-order valence-electron chi connectivity index (χ3n) is 4.12. The van der Waals surface area contributed by atoms with Crippen LogP contribution in [0.2, 0.25) is 0 Å². The molecule has 2 aliphatic rings. The second-order valence-corrected chi connectivity index (χ2v) is 5.47. The fourth-order valence-electron chi connectivity index (χ4n) is 3.13. The first-order valence-electron chi connectivity index (χ1n) is 6.36. The van der Waals surface area contributed by atoms with Crippen LogP contribution in [-0.4, -0.2) is 23.8 Å². The quantitative estimate of drug-likeness (QED) is 0.645. The van der Waals surface area contributed by atoms with Crippen LogP contribution in [-0.2, 0) is 14.3 Å². The van der Waals surface area contributed by atoms with Gasteiger partial charge in [0.2, 0.25) is 0 Å². The highest BCUT2D eigenvalue weighted by Crippen LogP contribution is 2.41. The molecular weight excluding hydrogens is 204 g/mol. The standard InChI is InChI=1S/C13H22O3/c1-9-13(3,16-10(2)14)8-11-6-4-5-7-12(11)15-9/h9,11-12H,4-8H2,1-3H3/t9-,11-,12+,13+/m0/s1. The molecule has 1 heterocycles. The fourth-order valence-corrected chi connectivity index (χ4v) is 3.13. The van der Waals surface area contributed by atoms with Gasteiger partial charge < -0.3 is 9.47 Å². The maximum atomic E-state index is 11.1. The molecule has 1 aliphatic carbocycles. The van der Waals surface area contributed by atoms with Crippen LogP contribution in [0.3, 0.4) is 0 Å². The first-order chi connectivity index (χ1) is 7.51. The van der Waals surface area contributed by atoms with E-state index in [0.29, 0.717) is 12.0 Å². The van der Waals surface area contributed by atoms with Crippen LogP contribution < -0.4 is 0 Å². The van der Waals surface area contributed by atoms with Gasteiger partial charge >= 0.3 is 5.97 Å². The number of fused-ring (bicyclic) bond motifs is 1. The highest BCUT2D eigenvalue weighted by Gasteiger charge is 2.46. The number of carbonyl (C=O) groups is 1. The van der Waals surface area contributed by atoms with Crippen LogP contribution >= 0.6 is 0 Å². The van der Waals surface area contributed by atoms with Crippen molar-refractivity contribution in [3.05, 3.63) is 0 Å². The van der Waals surface area contributed by atoms with Gasteiger partial charge in [0.15, 0.2) is 0 Å². The molecule has 16 heavy (non-hydrogen) atoms. The number of carbonyl (C=O) groups excluding carboxylic acids is 1. The summed E-state index contributed by atoms with van der Waals surface area (Å²) in [5.74, 6) is 0.376. The van der Waals surface area contributed by atoms with Gasteiger partial charge in [0.25, 0.3) is 0 Å². The van der Waals surface area contributed by atoms with Crippen molar-refractivity contribution < 1.29 is 14.3 Å². The van der Waals surface area contributed by atoms with Gasteiger partial charge in [-0.2, -0.15) is 0 Å². The summed E-state index contributed by atoms with van der Waals surface area (Å²) in [6, 6.07) is 0. The SMILES string of the molecule is CC(=O)O[C@]1(C)C[C@@H]2CCCC[C@H]2O[C@H]1C. The zero-order valence-electron chi connectivity index (χ0n) is 10.5. The lowest BCUT2D eigenvalue weighted by Crippen LogP contribution is -2.53. The van der Waals surface area contributed by atoms with Crippen LogP contribution in [0.15, 0.2) is 0 Å². The zero-order valence-corrected chi connectivity index (χ0v) is 10.5. The summed E-state index contributed by atoms with van der Waals surface area (Å²) in [6.45, 7) is 5.50. The van der Waals surface area contributed by atoms with Crippen molar-refractivity contribution in [3.8, 4) is 0 Å². The third kappa shape index (κ3) is 2.24. The molecule has 2 fully saturated rings. The highest BCUT2D eigenvalue weighted by molar-refractivity contribution is 5.66. The van der Waals surface area contributed by atoms with Gasteiger partial charge in [-0.05, 0) is 39.0 Å². The Morgan fingerprint density at radius 1 is 1.38 bits per heavy atom. The van der Waals surface area contributed by atoms with Gasteiger partial charge in [-0.1, -0.05) is 12.8 Å². The largest absolute Gasteiger partial charge is 0.457 e. The lowest BCUT2D eigenvalue weighted by molar-refractivity contribution is -0.214. The molecule has 92 valence electrons. The Morgan fingerprint density at radius 3 is 2.75 bits per heavy atom. The average molecular weight is 226 g/mol. The Labute approximate surface area is 97.5 Å². The lowest BCUT2D eigenvalue weighted by atomic mass is 9.75. The normalized spacial score (nSPS) is 43.6. The zero-order chi connectivity index (χ0) is 11.8. The minimum Gasteiger partial charge on any atom is -0.457 e. The number of hydrogen-bond acceptors (Lipinski definition) is 3. The minimum absolute atomic E-state index is 0.00995. The van der Waals surface area contributed by atoms with Crippen LogP contribution in [0.5, 0.6) is 0 Å². The molecule has 0 bridgehead atoms. The molecule has 3 nitrogen and oxygen atoms in total. The Hall–Kier alpha value is -0.570. The van der Waals surface area contributed by atoms with Crippen molar-refractivity contribution in [2.45, 2.75) is 70.7 Å². The van der Waals surface area contributed by atoms with Crippen molar-refractivity contribution in [1.29, 1.82) is 0 Å². The molecule has 1 aliphatic heterocycles. The topological polar surface area (TPSA) is 35.5 Å². The first kappa shape index (κ1) is 11.9. The summed E-state index contributed by atoms with van der Waals surface area (Å²) in [4.78, 5) is 11.1. The van der Waals surface area contributed by atoms with E-state index >= 15 is 0 Å². The maximum Gasteiger partial charge on any atom is 0.303 e. The molecule has 0 N–H and O–H groups in total. The van der Waals surface area contributed by atoms with E-state index in [1.54, 1.807) is 0 Å². The lowest BCUT2D eigenvalue weighted by Gasteiger charge is -2.47. The van der Waals surface area contributed by atoms with Crippen LogP contribution in [0.25, 0.3) is 0 Å². The van der Waals surface area contributed by atoms with Gasteiger partial charge in [-0.3, -0.25) is 4.79 Å². The number of hydrogen-bond donors (Lipinski definition) is 0. The highest BCUT2D eigenvalue weighted by atomic mass is 16.6. The second-order valence-electron chi connectivity index (χ2n) is 5.47. The Bertz CT molecular complexity index is 276. The number of esters is 1. The summed E-state index contributed by atoms with van der Waals surface area (Å²) in [6.07, 6.45) is 6.31. The van der Waals surface area contributed by atoms with E-state index in [1.807, 2.05) is 13.8 Å². The average Bonchev–Trinajstić information content (AvgIpc) is 2.18. The summed E-state index contributed by atoms with van der Waals surface area (Å²) in [7, 11) is 0. The Morgan fingerprint density at radius 2 is 2.06 bits per heavy atom. The van der Waals surface area contributed by atoms with Gasteiger partial charge in [0.05, 0.1) is 12.2 Å². The van der Waals surface area contributed by atoms with E-state index in [1.165, 1.54) is 32.6 Å². The molecule has 0 aromatic heterocycles. The fraction of sp³-hybridized carbons (Fsp3) is 0.923. The summed E-state index contributed by atoms with van der Waals surface area (Å²) >= 11 is 0. The molecule has 0 aromatic carbocycles. The third-order valence-corrected chi connectivity index (χ3v) is 4.12. The van der Waals surface area contributed by atoms with E-state index < -0.39 is 5.60 Å². The Balaban J connectivity index is 2.07. The predicted octanol–water partition coefficient (Wildman–Crippen LogP) is 2.68. The molecule has 3 heteroatoms. The monoisotopic (exact) mass is 226 g/mol. The summed E-state index contributed by atoms with van der Waals surface area (Å²) in [5.41, 5.74) is -0.426. The number of rotatable bonds is 1. The van der Waals surface area contributed by atoms with Crippen LogP contribution in [0.4, 0.5) is 0 Å². The second kappa shape index (κ2) is 4.36. The maximum absolute atomic E-state index is 11.1. The summed E-state index contributed by atoms with van der Waals surface area (Å²) in [5, 5.41) is 0. The van der Waals surface area contributed by atoms with E-state index in [9.17, 15) is 4.79 Å². The first-order valence-corrected chi connectivity index (χ1v) is 6.36. The Kier molecular flexibility index (Phi) is 3.24. The van der Waals surface area contributed by atoms with Crippen molar-refractivity contribution >= 4 is 5.97 Å². The summed E-state index contributed by atoms with van der Waals surface area (Å²) < 4.78 is 11.5. The molecule has 0 spiro atoms. The number of ether oxygens (including phenoxy) is 2. The molecule has 0 unspecified atom stereocenters. The van der Waals surface area contributed by atoms with Crippen molar-refractivity contribution in [1.82, 2.24) is 0 Å². The van der Waals surface area contributed by atoms with Crippen LogP contribution in [0, 0.1) is 5.92 Å². The van der Waals surface area contributed by atoms with E-state index in [-0.39, 0.29) is 12.1 Å².